The van der Waals surface area contributed by atoms with Crippen LogP contribution in [-0.4, -0.2) is 26.6 Å². The number of aryl methyl sites for hydroxylation is 1. The number of hydrogen-bond acceptors (Lipinski definition) is 3. The van der Waals surface area contributed by atoms with E-state index < -0.39 is 17.6 Å². The van der Waals surface area contributed by atoms with Crippen LogP contribution in [0.3, 0.4) is 0 Å². The Morgan fingerprint density at radius 2 is 1.76 bits per heavy atom. The average Bonchev–Trinajstić information content (AvgIpc) is 2.53. The number of ether oxygens (including phenoxy) is 1. The second-order valence-corrected chi connectivity index (χ2v) is 5.77. The lowest BCUT2D eigenvalue weighted by molar-refractivity contribution is -0.137. The molecule has 4 nitrogen and oxygen atoms in total. The summed E-state index contributed by atoms with van der Waals surface area (Å²) >= 11 is 0. The summed E-state index contributed by atoms with van der Waals surface area (Å²) < 4.78 is 45.0. The molecule has 0 aliphatic heterocycles. The van der Waals surface area contributed by atoms with Crippen molar-refractivity contribution in [3.05, 3.63) is 53.6 Å². The zero-order valence-corrected chi connectivity index (χ0v) is 14.1. The minimum absolute atomic E-state index is 0.296. The maximum absolute atomic E-state index is 13.2. The van der Waals surface area contributed by atoms with E-state index in [1.165, 1.54) is 12.1 Å². The van der Waals surface area contributed by atoms with Crippen molar-refractivity contribution in [1.29, 1.82) is 0 Å². The standard InChI is InChI=1S/C18H19F3N2O2/c1-12-4-7-14(8-5-12)25-11-17(24)22-16-9-6-13(23(2)3)10-15(16)18(19,20)21/h4-10H,11H2,1-3H3,(H,22,24). The molecule has 0 saturated heterocycles. The molecular weight excluding hydrogens is 333 g/mol. The molecule has 0 aliphatic carbocycles. The van der Waals surface area contributed by atoms with Crippen LogP contribution < -0.4 is 15.0 Å². The number of rotatable bonds is 5. The van der Waals surface area contributed by atoms with E-state index in [4.69, 9.17) is 4.74 Å². The maximum Gasteiger partial charge on any atom is 0.418 e. The predicted molar refractivity (Wildman–Crippen MR) is 91.1 cm³/mol. The molecule has 0 unspecified atom stereocenters. The fourth-order valence-corrected chi connectivity index (χ4v) is 2.12. The Morgan fingerprint density at radius 1 is 1.12 bits per heavy atom. The molecule has 0 spiro atoms. The van der Waals surface area contributed by atoms with Crippen LogP contribution in [0.1, 0.15) is 11.1 Å². The number of nitrogens with one attached hydrogen (secondary N) is 1. The van der Waals surface area contributed by atoms with Crippen molar-refractivity contribution in [2.24, 2.45) is 0 Å². The van der Waals surface area contributed by atoms with Gasteiger partial charge in [0.2, 0.25) is 0 Å². The van der Waals surface area contributed by atoms with Crippen molar-refractivity contribution in [2.45, 2.75) is 13.1 Å². The highest BCUT2D eigenvalue weighted by Gasteiger charge is 2.34. The van der Waals surface area contributed by atoms with E-state index in [1.807, 2.05) is 19.1 Å². The first-order chi connectivity index (χ1) is 11.7. The van der Waals surface area contributed by atoms with E-state index in [0.717, 1.165) is 11.6 Å². The molecule has 1 amide bonds. The summed E-state index contributed by atoms with van der Waals surface area (Å²) in [7, 11) is 3.28. The van der Waals surface area contributed by atoms with Gasteiger partial charge in [-0.2, -0.15) is 13.2 Å². The number of benzene rings is 2. The van der Waals surface area contributed by atoms with Crippen LogP contribution in [0.15, 0.2) is 42.5 Å². The Labute approximate surface area is 144 Å². The van der Waals surface area contributed by atoms with Gasteiger partial charge in [0.1, 0.15) is 5.75 Å². The highest BCUT2D eigenvalue weighted by atomic mass is 19.4. The van der Waals surface area contributed by atoms with Gasteiger partial charge in [-0.25, -0.2) is 0 Å². The lowest BCUT2D eigenvalue weighted by Crippen LogP contribution is -2.22. The molecule has 134 valence electrons. The van der Waals surface area contributed by atoms with Crippen molar-refractivity contribution in [2.75, 3.05) is 30.9 Å². The molecule has 0 fully saturated rings. The summed E-state index contributed by atoms with van der Waals surface area (Å²) in [6.45, 7) is 1.53. The summed E-state index contributed by atoms with van der Waals surface area (Å²) in [4.78, 5) is 13.5. The first-order valence-corrected chi connectivity index (χ1v) is 7.54. The molecule has 0 atom stereocenters. The van der Waals surface area contributed by atoms with Crippen LogP contribution in [0.4, 0.5) is 24.5 Å². The molecule has 0 aromatic heterocycles. The quantitative estimate of drug-likeness (QED) is 0.881. The molecule has 2 aromatic carbocycles. The minimum Gasteiger partial charge on any atom is -0.484 e. The fourth-order valence-electron chi connectivity index (χ4n) is 2.12. The number of nitrogens with zero attached hydrogens (tertiary/aromatic N) is 1. The minimum atomic E-state index is -4.58. The number of anilines is 2. The molecule has 0 saturated carbocycles. The van der Waals surface area contributed by atoms with Crippen molar-refractivity contribution in [3.8, 4) is 5.75 Å². The third-order valence-electron chi connectivity index (χ3n) is 3.49. The predicted octanol–water partition coefficient (Wildman–Crippen LogP) is 4.10. The van der Waals surface area contributed by atoms with Crippen LogP contribution in [0.25, 0.3) is 0 Å². The largest absolute Gasteiger partial charge is 0.484 e. The van der Waals surface area contributed by atoms with Crippen molar-refractivity contribution in [3.63, 3.8) is 0 Å². The first-order valence-electron chi connectivity index (χ1n) is 7.54. The number of amides is 1. The zero-order chi connectivity index (χ0) is 18.6. The Balaban J connectivity index is 2.10. The highest BCUT2D eigenvalue weighted by Crippen LogP contribution is 2.37. The Hall–Kier alpha value is -2.70. The van der Waals surface area contributed by atoms with Crippen molar-refractivity contribution >= 4 is 17.3 Å². The monoisotopic (exact) mass is 352 g/mol. The summed E-state index contributed by atoms with van der Waals surface area (Å²) in [6.07, 6.45) is -4.58. The molecule has 0 heterocycles. The van der Waals surface area contributed by atoms with Crippen LogP contribution in [0.2, 0.25) is 0 Å². The van der Waals surface area contributed by atoms with Crippen molar-refractivity contribution < 1.29 is 22.7 Å². The number of carbonyl (C=O) groups excluding carboxylic acids is 1. The normalized spacial score (nSPS) is 11.1. The van der Waals surface area contributed by atoms with E-state index in [-0.39, 0.29) is 12.3 Å². The number of alkyl halides is 3. The molecule has 1 N–H and O–H groups in total. The van der Waals surface area contributed by atoms with Crippen LogP contribution in [0.5, 0.6) is 5.75 Å². The summed E-state index contributed by atoms with van der Waals surface area (Å²) in [5.41, 5.74) is 0.229. The van der Waals surface area contributed by atoms with Gasteiger partial charge < -0.3 is 15.0 Å². The summed E-state index contributed by atoms with van der Waals surface area (Å²) in [6, 6.07) is 10.7. The molecule has 0 radical (unpaired) electrons. The number of carbonyl (C=O) groups is 1. The van der Waals surface area contributed by atoms with Gasteiger partial charge in [0, 0.05) is 19.8 Å². The van der Waals surface area contributed by atoms with Gasteiger partial charge in [0.15, 0.2) is 6.61 Å². The van der Waals surface area contributed by atoms with Gasteiger partial charge in [-0.05, 0) is 37.3 Å². The summed E-state index contributed by atoms with van der Waals surface area (Å²) in [5, 5.41) is 2.26. The lowest BCUT2D eigenvalue weighted by Gasteiger charge is -2.18. The lowest BCUT2D eigenvalue weighted by atomic mass is 10.1. The Bertz CT molecular complexity index is 741. The zero-order valence-electron chi connectivity index (χ0n) is 14.1. The molecule has 2 aromatic rings. The number of halogens is 3. The van der Waals surface area contributed by atoms with E-state index in [1.54, 1.807) is 31.1 Å². The third-order valence-corrected chi connectivity index (χ3v) is 3.49. The molecule has 0 aliphatic rings. The van der Waals surface area contributed by atoms with Gasteiger partial charge >= 0.3 is 6.18 Å². The van der Waals surface area contributed by atoms with E-state index in [0.29, 0.717) is 11.4 Å². The van der Waals surface area contributed by atoms with E-state index >= 15 is 0 Å². The van der Waals surface area contributed by atoms with Crippen LogP contribution in [-0.2, 0) is 11.0 Å². The highest BCUT2D eigenvalue weighted by molar-refractivity contribution is 5.93. The second-order valence-electron chi connectivity index (χ2n) is 5.77. The smallest absolute Gasteiger partial charge is 0.418 e. The SMILES string of the molecule is Cc1ccc(OCC(=O)Nc2ccc(N(C)C)cc2C(F)(F)F)cc1. The average molecular weight is 352 g/mol. The fraction of sp³-hybridized carbons (Fsp3) is 0.278. The first kappa shape index (κ1) is 18.6. The molecule has 0 bridgehead atoms. The van der Waals surface area contributed by atoms with Crippen molar-refractivity contribution in [1.82, 2.24) is 0 Å². The van der Waals surface area contributed by atoms with Gasteiger partial charge in [-0.15, -0.1) is 0 Å². The second kappa shape index (κ2) is 7.46. The van der Waals surface area contributed by atoms with Crippen LogP contribution >= 0.6 is 0 Å². The van der Waals surface area contributed by atoms with E-state index in [2.05, 4.69) is 5.32 Å². The third kappa shape index (κ3) is 5.14. The van der Waals surface area contributed by atoms with E-state index in [9.17, 15) is 18.0 Å². The van der Waals surface area contributed by atoms with Gasteiger partial charge in [0.25, 0.3) is 5.91 Å². The van der Waals surface area contributed by atoms with Crippen LogP contribution in [0, 0.1) is 6.92 Å². The number of hydrogen-bond donors (Lipinski definition) is 1. The van der Waals surface area contributed by atoms with Gasteiger partial charge in [-0.1, -0.05) is 17.7 Å². The maximum atomic E-state index is 13.2. The van der Waals surface area contributed by atoms with Gasteiger partial charge in [0.05, 0.1) is 11.3 Å². The Kier molecular flexibility index (Phi) is 5.56. The topological polar surface area (TPSA) is 41.6 Å². The Morgan fingerprint density at radius 3 is 2.32 bits per heavy atom. The molecule has 2 rings (SSSR count). The summed E-state index contributed by atoms with van der Waals surface area (Å²) in [5.74, 6) is -0.191. The molecule has 7 heteroatoms. The molecule has 25 heavy (non-hydrogen) atoms. The van der Waals surface area contributed by atoms with Gasteiger partial charge in [-0.3, -0.25) is 4.79 Å². The molecular formula is C18H19F3N2O2.